The molecule has 1 N–H and O–H groups in total. The fourth-order valence-corrected chi connectivity index (χ4v) is 2.40. The van der Waals surface area contributed by atoms with Gasteiger partial charge in [-0.1, -0.05) is 58.9 Å². The second kappa shape index (κ2) is 8.80. The maximum absolute atomic E-state index is 5.86. The van der Waals surface area contributed by atoms with Gasteiger partial charge in [-0.05, 0) is 41.2 Å². The van der Waals surface area contributed by atoms with Crippen LogP contribution in [-0.2, 0) is 5.41 Å². The second-order valence-corrected chi connectivity index (χ2v) is 7.75. The van der Waals surface area contributed by atoms with Crippen LogP contribution in [-0.4, -0.2) is 19.8 Å². The predicted molar refractivity (Wildman–Crippen MR) is 106 cm³/mol. The molecular formula is C22H31NO2. The number of nitrogens with one attached hydrogen (secondary N) is 1. The van der Waals surface area contributed by atoms with Crippen molar-refractivity contribution < 1.29 is 9.47 Å². The van der Waals surface area contributed by atoms with E-state index in [9.17, 15) is 0 Å². The average molecular weight is 341 g/mol. The zero-order valence-corrected chi connectivity index (χ0v) is 16.1. The third-order valence-corrected chi connectivity index (χ3v) is 3.87. The number of ether oxygens (including phenoxy) is 2. The summed E-state index contributed by atoms with van der Waals surface area (Å²) in [5.74, 6) is 2.30. The largest absolute Gasteiger partial charge is 0.492 e. The van der Waals surface area contributed by atoms with E-state index in [1.165, 1.54) is 5.56 Å². The van der Waals surface area contributed by atoms with Gasteiger partial charge in [0, 0.05) is 6.54 Å². The van der Waals surface area contributed by atoms with E-state index in [-0.39, 0.29) is 5.41 Å². The molecule has 0 unspecified atom stereocenters. The molecule has 2 rings (SSSR count). The number of para-hydroxylation sites is 2. The minimum Gasteiger partial charge on any atom is -0.492 e. The van der Waals surface area contributed by atoms with Gasteiger partial charge in [0.05, 0.1) is 12.3 Å². The van der Waals surface area contributed by atoms with Crippen molar-refractivity contribution in [3.05, 3.63) is 54.1 Å². The van der Waals surface area contributed by atoms with Crippen molar-refractivity contribution in [1.29, 1.82) is 0 Å². The minimum atomic E-state index is 0.166. The first kappa shape index (κ1) is 19.2. The van der Waals surface area contributed by atoms with Crippen LogP contribution in [0, 0.1) is 5.92 Å². The number of hydrogen-bond donors (Lipinski definition) is 1. The molecule has 136 valence electrons. The van der Waals surface area contributed by atoms with Crippen LogP contribution in [0.4, 0.5) is 5.69 Å². The van der Waals surface area contributed by atoms with E-state index in [2.05, 4.69) is 52.1 Å². The lowest BCUT2D eigenvalue weighted by Gasteiger charge is -2.19. The number of anilines is 1. The Hall–Kier alpha value is -2.16. The molecule has 2 aromatic rings. The van der Waals surface area contributed by atoms with Gasteiger partial charge in [-0.2, -0.15) is 0 Å². The lowest BCUT2D eigenvalue weighted by atomic mass is 9.87. The highest BCUT2D eigenvalue weighted by Crippen LogP contribution is 2.25. The molecule has 3 heteroatoms. The maximum Gasteiger partial charge on any atom is 0.142 e. The van der Waals surface area contributed by atoms with Crippen LogP contribution >= 0.6 is 0 Å². The Bertz CT molecular complexity index is 642. The summed E-state index contributed by atoms with van der Waals surface area (Å²) in [5, 5.41) is 3.39. The molecule has 0 spiro atoms. The molecule has 2 aromatic carbocycles. The van der Waals surface area contributed by atoms with Gasteiger partial charge >= 0.3 is 0 Å². The van der Waals surface area contributed by atoms with E-state index in [1.807, 2.05) is 36.4 Å². The average Bonchev–Trinajstić information content (AvgIpc) is 2.57. The maximum atomic E-state index is 5.86. The summed E-state index contributed by atoms with van der Waals surface area (Å²) in [7, 11) is 0. The number of rotatable bonds is 8. The molecule has 25 heavy (non-hydrogen) atoms. The molecular weight excluding hydrogens is 310 g/mol. The molecule has 0 aliphatic carbocycles. The number of benzene rings is 2. The number of hydrogen-bond acceptors (Lipinski definition) is 3. The van der Waals surface area contributed by atoms with Gasteiger partial charge in [0.2, 0.25) is 0 Å². The summed E-state index contributed by atoms with van der Waals surface area (Å²) in [4.78, 5) is 0. The van der Waals surface area contributed by atoms with Crippen LogP contribution in [0.25, 0.3) is 0 Å². The fraction of sp³-hybridized carbons (Fsp3) is 0.455. The van der Waals surface area contributed by atoms with Crippen molar-refractivity contribution in [3.8, 4) is 11.5 Å². The van der Waals surface area contributed by atoms with Gasteiger partial charge in [0.25, 0.3) is 0 Å². The highest BCUT2D eigenvalue weighted by Gasteiger charge is 2.12. The lowest BCUT2D eigenvalue weighted by molar-refractivity contribution is 0.272. The van der Waals surface area contributed by atoms with E-state index in [4.69, 9.17) is 9.47 Å². The standard InChI is InChI=1S/C22H31NO2/c1-17(2)16-25-21-9-7-6-8-20(21)23-14-15-24-19-12-10-18(11-13-19)22(3,4)5/h6-13,17,23H,14-16H2,1-5H3. The van der Waals surface area contributed by atoms with Crippen LogP contribution in [0.5, 0.6) is 11.5 Å². The summed E-state index contributed by atoms with van der Waals surface area (Å²) in [6, 6.07) is 16.4. The minimum absolute atomic E-state index is 0.166. The predicted octanol–water partition coefficient (Wildman–Crippen LogP) is 5.51. The molecule has 0 aliphatic heterocycles. The van der Waals surface area contributed by atoms with Crippen LogP contribution in [0.2, 0.25) is 0 Å². The normalized spacial score (nSPS) is 11.4. The topological polar surface area (TPSA) is 30.5 Å². The first-order chi connectivity index (χ1) is 11.9. The van der Waals surface area contributed by atoms with E-state index in [0.29, 0.717) is 12.5 Å². The van der Waals surface area contributed by atoms with Gasteiger partial charge in [-0.3, -0.25) is 0 Å². The zero-order valence-electron chi connectivity index (χ0n) is 16.1. The third kappa shape index (κ3) is 6.33. The highest BCUT2D eigenvalue weighted by molar-refractivity contribution is 5.56. The molecule has 3 nitrogen and oxygen atoms in total. The molecule has 0 amide bonds. The van der Waals surface area contributed by atoms with Crippen LogP contribution < -0.4 is 14.8 Å². The van der Waals surface area contributed by atoms with E-state index < -0.39 is 0 Å². The van der Waals surface area contributed by atoms with Crippen molar-refractivity contribution in [3.63, 3.8) is 0 Å². The summed E-state index contributed by atoms with van der Waals surface area (Å²) in [6.45, 7) is 13.0. The Morgan fingerprint density at radius 3 is 2.24 bits per heavy atom. The summed E-state index contributed by atoms with van der Waals surface area (Å²) in [5.41, 5.74) is 2.49. The quantitative estimate of drug-likeness (QED) is 0.642. The first-order valence-corrected chi connectivity index (χ1v) is 9.05. The third-order valence-electron chi connectivity index (χ3n) is 3.87. The molecule has 0 aliphatic rings. The second-order valence-electron chi connectivity index (χ2n) is 7.75. The molecule has 0 atom stereocenters. The molecule has 0 saturated heterocycles. The molecule has 0 radical (unpaired) electrons. The Morgan fingerprint density at radius 1 is 0.920 bits per heavy atom. The SMILES string of the molecule is CC(C)COc1ccccc1NCCOc1ccc(C(C)(C)C)cc1. The summed E-state index contributed by atoms with van der Waals surface area (Å²) >= 11 is 0. The lowest BCUT2D eigenvalue weighted by Crippen LogP contribution is -2.13. The first-order valence-electron chi connectivity index (χ1n) is 9.05. The van der Waals surface area contributed by atoms with E-state index >= 15 is 0 Å². The summed E-state index contributed by atoms with van der Waals surface area (Å²) < 4.78 is 11.7. The van der Waals surface area contributed by atoms with Crippen molar-refractivity contribution >= 4 is 5.69 Å². The molecule has 0 saturated carbocycles. The molecule has 0 aromatic heterocycles. The smallest absolute Gasteiger partial charge is 0.142 e. The molecule has 0 bridgehead atoms. The van der Waals surface area contributed by atoms with Crippen LogP contribution in [0.3, 0.4) is 0 Å². The Kier molecular flexibility index (Phi) is 6.74. The van der Waals surface area contributed by atoms with Gasteiger partial charge in [-0.15, -0.1) is 0 Å². The van der Waals surface area contributed by atoms with E-state index in [0.717, 1.165) is 30.3 Å². The highest BCUT2D eigenvalue weighted by atomic mass is 16.5. The zero-order chi connectivity index (χ0) is 18.3. The van der Waals surface area contributed by atoms with Crippen molar-refractivity contribution in [2.45, 2.75) is 40.0 Å². The van der Waals surface area contributed by atoms with Crippen LogP contribution in [0.15, 0.2) is 48.5 Å². The molecule has 0 fully saturated rings. The molecule has 0 heterocycles. The van der Waals surface area contributed by atoms with E-state index in [1.54, 1.807) is 0 Å². The summed E-state index contributed by atoms with van der Waals surface area (Å²) in [6.07, 6.45) is 0. The van der Waals surface area contributed by atoms with Gasteiger partial charge in [0.1, 0.15) is 18.1 Å². The van der Waals surface area contributed by atoms with Crippen LogP contribution in [0.1, 0.15) is 40.2 Å². The Balaban J connectivity index is 1.81. The monoisotopic (exact) mass is 341 g/mol. The van der Waals surface area contributed by atoms with Crippen molar-refractivity contribution in [2.75, 3.05) is 25.1 Å². The van der Waals surface area contributed by atoms with Crippen molar-refractivity contribution in [2.24, 2.45) is 5.92 Å². The van der Waals surface area contributed by atoms with Gasteiger partial charge in [-0.25, -0.2) is 0 Å². The Morgan fingerprint density at radius 2 is 1.60 bits per heavy atom. The van der Waals surface area contributed by atoms with Crippen molar-refractivity contribution in [1.82, 2.24) is 0 Å². The fourth-order valence-electron chi connectivity index (χ4n) is 2.40. The Labute approximate surface area is 152 Å². The van der Waals surface area contributed by atoms with Gasteiger partial charge in [0.15, 0.2) is 0 Å². The van der Waals surface area contributed by atoms with Gasteiger partial charge < -0.3 is 14.8 Å².